The highest BCUT2D eigenvalue weighted by Crippen LogP contribution is 2.31. The van der Waals surface area contributed by atoms with Crippen LogP contribution >= 0.6 is 0 Å². The molecule has 0 bridgehead atoms. The van der Waals surface area contributed by atoms with E-state index in [4.69, 9.17) is 9.47 Å². The van der Waals surface area contributed by atoms with Crippen molar-refractivity contribution >= 4 is 5.91 Å². The van der Waals surface area contributed by atoms with Gasteiger partial charge in [-0.1, -0.05) is 12.1 Å². The molecule has 1 atom stereocenters. The minimum atomic E-state index is 0.0634. The predicted octanol–water partition coefficient (Wildman–Crippen LogP) is 1.96. The zero-order valence-corrected chi connectivity index (χ0v) is 14.1. The summed E-state index contributed by atoms with van der Waals surface area (Å²) in [6.45, 7) is 0.795. The molecule has 0 aliphatic carbocycles. The Morgan fingerprint density at radius 2 is 2.25 bits per heavy atom. The second kappa shape index (κ2) is 7.38. The maximum atomic E-state index is 12.3. The van der Waals surface area contributed by atoms with Crippen LogP contribution in [-0.4, -0.2) is 35.7 Å². The predicted molar refractivity (Wildman–Crippen MR) is 90.3 cm³/mol. The Balaban J connectivity index is 1.55. The lowest BCUT2D eigenvalue weighted by molar-refractivity contribution is -0.122. The van der Waals surface area contributed by atoms with E-state index in [1.807, 2.05) is 30.6 Å². The van der Waals surface area contributed by atoms with Crippen molar-refractivity contribution in [2.24, 2.45) is 0 Å². The number of hydrogen-bond acceptors (Lipinski definition) is 4. The molecule has 3 rings (SSSR count). The Kier molecular flexibility index (Phi) is 5.03. The van der Waals surface area contributed by atoms with Crippen LogP contribution in [0.25, 0.3) is 0 Å². The lowest BCUT2D eigenvalue weighted by Gasteiger charge is -2.24. The Labute approximate surface area is 141 Å². The van der Waals surface area contributed by atoms with Gasteiger partial charge in [0.1, 0.15) is 5.82 Å². The van der Waals surface area contributed by atoms with Crippen molar-refractivity contribution in [2.45, 2.75) is 38.3 Å². The lowest BCUT2D eigenvalue weighted by Crippen LogP contribution is -2.40. The summed E-state index contributed by atoms with van der Waals surface area (Å²) < 4.78 is 12.8. The monoisotopic (exact) mass is 329 g/mol. The van der Waals surface area contributed by atoms with Gasteiger partial charge >= 0.3 is 0 Å². The molecule has 0 saturated heterocycles. The molecule has 1 aliphatic rings. The van der Waals surface area contributed by atoms with Crippen molar-refractivity contribution in [3.05, 3.63) is 42.0 Å². The standard InChI is InChI=1S/C18H23N3O3/c1-23-15-5-3-4-13(18(15)24-2)6-9-17(22)20-14-7-8-16-19-10-11-21(16)12-14/h3-5,10-11,14H,6-9,12H2,1-2H3,(H,20,22). The number of imidazole rings is 1. The number of benzene rings is 1. The van der Waals surface area contributed by atoms with Gasteiger partial charge in [-0.15, -0.1) is 0 Å². The van der Waals surface area contributed by atoms with Crippen LogP contribution in [-0.2, 0) is 24.2 Å². The topological polar surface area (TPSA) is 65.4 Å². The van der Waals surface area contributed by atoms with Crippen LogP contribution in [0.2, 0.25) is 0 Å². The largest absolute Gasteiger partial charge is 0.493 e. The molecule has 6 heteroatoms. The number of carbonyl (C=O) groups is 1. The average molecular weight is 329 g/mol. The van der Waals surface area contributed by atoms with Gasteiger partial charge in [-0.3, -0.25) is 4.79 Å². The number of aromatic nitrogens is 2. The van der Waals surface area contributed by atoms with E-state index in [0.29, 0.717) is 24.3 Å². The molecule has 128 valence electrons. The molecule has 24 heavy (non-hydrogen) atoms. The van der Waals surface area contributed by atoms with Crippen LogP contribution < -0.4 is 14.8 Å². The fourth-order valence-corrected chi connectivity index (χ4v) is 3.18. The minimum absolute atomic E-state index is 0.0634. The van der Waals surface area contributed by atoms with E-state index in [1.165, 1.54) is 0 Å². The summed E-state index contributed by atoms with van der Waals surface area (Å²) in [5, 5.41) is 3.13. The maximum absolute atomic E-state index is 12.3. The molecule has 0 fully saturated rings. The minimum Gasteiger partial charge on any atom is -0.493 e. The molecular weight excluding hydrogens is 306 g/mol. The number of fused-ring (bicyclic) bond motifs is 1. The number of carbonyl (C=O) groups excluding carboxylic acids is 1. The van der Waals surface area contributed by atoms with Crippen molar-refractivity contribution in [2.75, 3.05) is 14.2 Å². The fraction of sp³-hybridized carbons (Fsp3) is 0.444. The third kappa shape index (κ3) is 3.53. The van der Waals surface area contributed by atoms with Gasteiger partial charge in [-0.05, 0) is 24.5 Å². The molecule has 2 heterocycles. The summed E-state index contributed by atoms with van der Waals surface area (Å²) in [4.78, 5) is 16.6. The van der Waals surface area contributed by atoms with Crippen LogP contribution in [0.4, 0.5) is 0 Å². The molecule has 1 aromatic heterocycles. The summed E-state index contributed by atoms with van der Waals surface area (Å²) in [7, 11) is 3.23. The van der Waals surface area contributed by atoms with Gasteiger partial charge in [0.05, 0.1) is 14.2 Å². The number of hydrogen-bond donors (Lipinski definition) is 1. The third-order valence-corrected chi connectivity index (χ3v) is 4.41. The number of nitrogens with zero attached hydrogens (tertiary/aromatic N) is 2. The van der Waals surface area contributed by atoms with Gasteiger partial charge < -0.3 is 19.4 Å². The second-order valence-electron chi connectivity index (χ2n) is 5.95. The molecule has 1 aromatic carbocycles. The Morgan fingerprint density at radius 1 is 1.38 bits per heavy atom. The first-order chi connectivity index (χ1) is 11.7. The van der Waals surface area contributed by atoms with E-state index in [-0.39, 0.29) is 11.9 Å². The van der Waals surface area contributed by atoms with Crippen LogP contribution in [0.5, 0.6) is 11.5 Å². The summed E-state index contributed by atoms with van der Waals surface area (Å²) in [5.74, 6) is 2.55. The highest BCUT2D eigenvalue weighted by Gasteiger charge is 2.20. The normalized spacial score (nSPS) is 16.3. The van der Waals surface area contributed by atoms with Crippen LogP contribution in [0.3, 0.4) is 0 Å². The average Bonchev–Trinajstić information content (AvgIpc) is 3.07. The first-order valence-corrected chi connectivity index (χ1v) is 8.20. The van der Waals surface area contributed by atoms with Crippen molar-refractivity contribution in [1.82, 2.24) is 14.9 Å². The number of nitrogens with one attached hydrogen (secondary N) is 1. The smallest absolute Gasteiger partial charge is 0.220 e. The Hall–Kier alpha value is -2.50. The van der Waals surface area contributed by atoms with Gasteiger partial charge in [-0.25, -0.2) is 4.98 Å². The highest BCUT2D eigenvalue weighted by atomic mass is 16.5. The van der Waals surface area contributed by atoms with Gasteiger partial charge in [0.2, 0.25) is 5.91 Å². The summed E-state index contributed by atoms with van der Waals surface area (Å²) >= 11 is 0. The van der Waals surface area contributed by atoms with Gasteiger partial charge in [0, 0.05) is 37.8 Å². The van der Waals surface area contributed by atoms with E-state index in [9.17, 15) is 4.79 Å². The number of aryl methyl sites for hydroxylation is 2. The number of ether oxygens (including phenoxy) is 2. The van der Waals surface area contributed by atoms with Gasteiger partial charge in [-0.2, -0.15) is 0 Å². The molecule has 1 aliphatic heterocycles. The second-order valence-corrected chi connectivity index (χ2v) is 5.95. The molecule has 0 radical (unpaired) electrons. The van der Waals surface area contributed by atoms with Gasteiger partial charge in [0.15, 0.2) is 11.5 Å². The van der Waals surface area contributed by atoms with Gasteiger partial charge in [0.25, 0.3) is 0 Å². The van der Waals surface area contributed by atoms with Crippen LogP contribution in [0.15, 0.2) is 30.6 Å². The van der Waals surface area contributed by atoms with E-state index in [0.717, 1.165) is 30.8 Å². The maximum Gasteiger partial charge on any atom is 0.220 e. The van der Waals surface area contributed by atoms with Crippen LogP contribution in [0, 0.1) is 0 Å². The first-order valence-electron chi connectivity index (χ1n) is 8.20. The number of amides is 1. The molecule has 0 spiro atoms. The molecule has 1 N–H and O–H groups in total. The van der Waals surface area contributed by atoms with E-state index < -0.39 is 0 Å². The Bertz CT molecular complexity index is 711. The van der Waals surface area contributed by atoms with Crippen LogP contribution in [0.1, 0.15) is 24.2 Å². The quantitative estimate of drug-likeness (QED) is 0.880. The summed E-state index contributed by atoms with van der Waals surface area (Å²) in [5.41, 5.74) is 0.979. The molecule has 2 aromatic rings. The number of para-hydroxylation sites is 1. The lowest BCUT2D eigenvalue weighted by atomic mass is 10.1. The third-order valence-electron chi connectivity index (χ3n) is 4.41. The summed E-state index contributed by atoms with van der Waals surface area (Å²) in [6, 6.07) is 5.91. The van der Waals surface area contributed by atoms with E-state index in [1.54, 1.807) is 14.2 Å². The van der Waals surface area contributed by atoms with Crippen molar-refractivity contribution < 1.29 is 14.3 Å². The molecule has 1 amide bonds. The zero-order chi connectivity index (χ0) is 16.9. The first kappa shape index (κ1) is 16.4. The number of rotatable bonds is 6. The Morgan fingerprint density at radius 3 is 3.04 bits per heavy atom. The van der Waals surface area contributed by atoms with E-state index >= 15 is 0 Å². The van der Waals surface area contributed by atoms with Crippen molar-refractivity contribution in [3.63, 3.8) is 0 Å². The molecular formula is C18H23N3O3. The zero-order valence-electron chi connectivity index (χ0n) is 14.1. The SMILES string of the molecule is COc1cccc(CCC(=O)NC2CCc3nccn3C2)c1OC. The van der Waals surface area contributed by atoms with Crippen molar-refractivity contribution in [3.8, 4) is 11.5 Å². The molecule has 0 saturated carbocycles. The highest BCUT2D eigenvalue weighted by molar-refractivity contribution is 5.76. The number of methoxy groups -OCH3 is 2. The molecule has 6 nitrogen and oxygen atoms in total. The fourth-order valence-electron chi connectivity index (χ4n) is 3.18. The van der Waals surface area contributed by atoms with Crippen molar-refractivity contribution in [1.29, 1.82) is 0 Å². The molecule has 1 unspecified atom stereocenters. The summed E-state index contributed by atoms with van der Waals surface area (Å²) in [6.07, 6.45) is 6.67. The van der Waals surface area contributed by atoms with E-state index in [2.05, 4.69) is 14.9 Å².